The number of carbonyl (C=O) groups excluding carboxylic acids is 1. The van der Waals surface area contributed by atoms with Crippen LogP contribution in [0.2, 0.25) is 0 Å². The van der Waals surface area contributed by atoms with Gasteiger partial charge in [-0.05, 0) is 101 Å². The summed E-state index contributed by atoms with van der Waals surface area (Å²) in [6.07, 6.45) is 11.2. The van der Waals surface area contributed by atoms with Crippen molar-refractivity contribution in [3.8, 4) is 11.1 Å². The van der Waals surface area contributed by atoms with E-state index >= 15 is 4.39 Å². The molecule has 2 heterocycles. The second kappa shape index (κ2) is 11.5. The van der Waals surface area contributed by atoms with E-state index in [0.29, 0.717) is 18.3 Å². The Bertz CT molecular complexity index is 1150. The number of pyridine rings is 1. The number of aliphatic hydroxyl groups excluding tert-OH is 1. The summed E-state index contributed by atoms with van der Waals surface area (Å²) in [6.45, 7) is 2.13. The van der Waals surface area contributed by atoms with Gasteiger partial charge in [-0.2, -0.15) is 0 Å². The first-order valence-electron chi connectivity index (χ1n) is 14.2. The fourth-order valence-corrected chi connectivity index (χ4v) is 6.26. The molecular weight excluding hydrogens is 479 g/mol. The minimum absolute atomic E-state index is 0.166. The summed E-state index contributed by atoms with van der Waals surface area (Å²) in [5.41, 5.74) is 5.21. The lowest BCUT2D eigenvalue weighted by molar-refractivity contribution is -0.117. The number of anilines is 1. The molecule has 0 amide bonds. The molecule has 3 aliphatic rings. The first-order valence-corrected chi connectivity index (χ1v) is 14.2. The second-order valence-corrected chi connectivity index (χ2v) is 11.5. The van der Waals surface area contributed by atoms with Crippen LogP contribution in [0.5, 0.6) is 0 Å². The van der Waals surface area contributed by atoms with Crippen LogP contribution in [0.15, 0.2) is 42.1 Å². The van der Waals surface area contributed by atoms with Crippen LogP contribution in [0.1, 0.15) is 63.5 Å². The van der Waals surface area contributed by atoms with Crippen LogP contribution >= 0.6 is 0 Å². The molecule has 0 spiro atoms. The predicted molar refractivity (Wildman–Crippen MR) is 150 cm³/mol. The van der Waals surface area contributed by atoms with E-state index in [1.54, 1.807) is 6.07 Å². The molecule has 0 bridgehead atoms. The molecule has 38 heavy (non-hydrogen) atoms. The minimum atomic E-state index is -0.466. The largest absolute Gasteiger partial charge is 0.393 e. The number of nitrogens with one attached hydrogen (secondary N) is 1. The topological polar surface area (TPSA) is 68.7 Å². The van der Waals surface area contributed by atoms with Crippen LogP contribution in [0.25, 0.3) is 16.8 Å². The molecule has 1 atom stereocenters. The number of hydrogen-bond acceptors (Lipinski definition) is 6. The van der Waals surface area contributed by atoms with E-state index in [4.69, 9.17) is 0 Å². The average Bonchev–Trinajstić information content (AvgIpc) is 3.78. The lowest BCUT2D eigenvalue weighted by Gasteiger charge is -2.42. The van der Waals surface area contributed by atoms with Gasteiger partial charge in [0, 0.05) is 43.4 Å². The zero-order valence-electron chi connectivity index (χ0n) is 22.8. The number of benzene rings is 1. The maximum Gasteiger partial charge on any atom is 0.147 e. The van der Waals surface area contributed by atoms with Gasteiger partial charge in [-0.25, -0.2) is 4.39 Å². The van der Waals surface area contributed by atoms with Crippen molar-refractivity contribution in [3.63, 3.8) is 0 Å². The molecule has 1 aliphatic heterocycles. The summed E-state index contributed by atoms with van der Waals surface area (Å²) in [5.74, 6) is -0.262. The average molecular weight is 521 g/mol. The SMILES string of the molecule is CNC(=C1CC1)c1ccc(-c2ccc(N3CCC[C@](C=O)(CCN(C)C4CCC(O)CC4)C3)c(F)c2)cn1. The second-order valence-electron chi connectivity index (χ2n) is 11.5. The number of piperidine rings is 1. The molecule has 0 radical (unpaired) electrons. The third-order valence-electron chi connectivity index (χ3n) is 8.86. The number of aldehydes is 1. The van der Waals surface area contributed by atoms with E-state index in [1.165, 1.54) is 5.57 Å². The molecular formula is C31H41FN4O2. The number of aromatic nitrogens is 1. The molecule has 6 nitrogen and oxygen atoms in total. The first-order chi connectivity index (χ1) is 18.4. The Morgan fingerprint density at radius 1 is 1.21 bits per heavy atom. The van der Waals surface area contributed by atoms with Crippen LogP contribution in [0.4, 0.5) is 10.1 Å². The molecule has 2 N–H and O–H groups in total. The molecule has 1 aromatic carbocycles. The Hall–Kier alpha value is -2.77. The minimum Gasteiger partial charge on any atom is -0.393 e. The summed E-state index contributed by atoms with van der Waals surface area (Å²) >= 11 is 0. The van der Waals surface area contributed by atoms with Crippen LogP contribution in [-0.2, 0) is 4.79 Å². The van der Waals surface area contributed by atoms with Gasteiger partial charge in [0.25, 0.3) is 0 Å². The molecule has 3 fully saturated rings. The predicted octanol–water partition coefficient (Wildman–Crippen LogP) is 5.02. The van der Waals surface area contributed by atoms with Gasteiger partial charge in [-0.3, -0.25) is 4.98 Å². The van der Waals surface area contributed by atoms with Gasteiger partial charge in [0.1, 0.15) is 12.1 Å². The molecule has 1 aromatic heterocycles. The fourth-order valence-electron chi connectivity index (χ4n) is 6.26. The molecule has 0 unspecified atom stereocenters. The molecule has 7 heteroatoms. The quantitative estimate of drug-likeness (QED) is 0.453. The van der Waals surface area contributed by atoms with Crippen LogP contribution in [-0.4, -0.2) is 67.2 Å². The maximum absolute atomic E-state index is 15.4. The summed E-state index contributed by atoms with van der Waals surface area (Å²) in [6, 6.07) is 9.85. The number of allylic oxidation sites excluding steroid dienone is 1. The van der Waals surface area contributed by atoms with Gasteiger partial charge in [-0.1, -0.05) is 12.1 Å². The van der Waals surface area contributed by atoms with Crippen molar-refractivity contribution in [2.75, 3.05) is 38.6 Å². The van der Waals surface area contributed by atoms with Crippen molar-refractivity contribution >= 4 is 17.7 Å². The molecule has 2 saturated carbocycles. The van der Waals surface area contributed by atoms with Crippen molar-refractivity contribution < 1.29 is 14.3 Å². The van der Waals surface area contributed by atoms with E-state index in [1.807, 2.05) is 37.5 Å². The van der Waals surface area contributed by atoms with E-state index < -0.39 is 5.41 Å². The van der Waals surface area contributed by atoms with Gasteiger partial charge in [-0.15, -0.1) is 0 Å². The van der Waals surface area contributed by atoms with Gasteiger partial charge in [0.15, 0.2) is 0 Å². The Labute approximate surface area is 225 Å². The van der Waals surface area contributed by atoms with Gasteiger partial charge in [0.2, 0.25) is 0 Å². The Balaban J connectivity index is 1.25. The van der Waals surface area contributed by atoms with Gasteiger partial charge < -0.3 is 25.0 Å². The zero-order valence-corrected chi connectivity index (χ0v) is 22.8. The number of nitrogens with zero attached hydrogens (tertiary/aromatic N) is 3. The Morgan fingerprint density at radius 2 is 1.97 bits per heavy atom. The number of rotatable bonds is 9. The highest BCUT2D eigenvalue weighted by molar-refractivity contribution is 5.71. The highest BCUT2D eigenvalue weighted by Gasteiger charge is 2.37. The van der Waals surface area contributed by atoms with Crippen molar-refractivity contribution in [3.05, 3.63) is 53.6 Å². The summed E-state index contributed by atoms with van der Waals surface area (Å²) in [5, 5.41) is 13.1. The van der Waals surface area contributed by atoms with Crippen molar-refractivity contribution in [1.29, 1.82) is 0 Å². The summed E-state index contributed by atoms with van der Waals surface area (Å²) < 4.78 is 15.4. The van der Waals surface area contributed by atoms with Crippen LogP contribution in [0, 0.1) is 11.2 Å². The lowest BCUT2D eigenvalue weighted by Crippen LogP contribution is -2.47. The van der Waals surface area contributed by atoms with E-state index in [9.17, 15) is 9.90 Å². The van der Waals surface area contributed by atoms with E-state index in [0.717, 1.165) is 99.7 Å². The van der Waals surface area contributed by atoms with Crippen LogP contribution < -0.4 is 10.2 Å². The maximum atomic E-state index is 15.4. The van der Waals surface area contributed by atoms with Crippen molar-refractivity contribution in [2.45, 2.75) is 69.9 Å². The normalized spacial score (nSPS) is 25.4. The molecule has 204 valence electrons. The van der Waals surface area contributed by atoms with Crippen molar-refractivity contribution in [2.24, 2.45) is 5.41 Å². The third kappa shape index (κ3) is 5.94. The molecule has 1 saturated heterocycles. The lowest BCUT2D eigenvalue weighted by atomic mass is 9.78. The Kier molecular flexibility index (Phi) is 8.15. The first kappa shape index (κ1) is 26.8. The number of aliphatic hydroxyl groups is 1. The highest BCUT2D eigenvalue weighted by Crippen LogP contribution is 2.37. The monoisotopic (exact) mass is 520 g/mol. The van der Waals surface area contributed by atoms with E-state index in [2.05, 4.69) is 27.1 Å². The molecule has 2 aliphatic carbocycles. The number of hydrogen-bond donors (Lipinski definition) is 2. The Morgan fingerprint density at radius 3 is 2.61 bits per heavy atom. The van der Waals surface area contributed by atoms with Gasteiger partial charge >= 0.3 is 0 Å². The molecule has 2 aromatic rings. The molecule has 5 rings (SSSR count). The van der Waals surface area contributed by atoms with Crippen molar-refractivity contribution in [1.82, 2.24) is 15.2 Å². The third-order valence-corrected chi connectivity index (χ3v) is 8.86. The summed E-state index contributed by atoms with van der Waals surface area (Å²) in [4.78, 5) is 21.4. The highest BCUT2D eigenvalue weighted by atomic mass is 19.1. The number of halogens is 1. The van der Waals surface area contributed by atoms with Gasteiger partial charge in [0.05, 0.1) is 23.2 Å². The zero-order chi connectivity index (χ0) is 26.7. The number of carbonyl (C=O) groups is 1. The van der Waals surface area contributed by atoms with E-state index in [-0.39, 0.29) is 11.9 Å². The fraction of sp³-hybridized carbons (Fsp3) is 0.548. The van der Waals surface area contributed by atoms with Crippen LogP contribution in [0.3, 0.4) is 0 Å². The standard InChI is InChI=1S/C31H41FN4O2/c1-33-30(22-4-5-22)28-12-6-24(19-34-28)23-7-13-29(27(32)18-23)36-16-3-14-31(20-36,21-37)15-17-35(2)25-8-10-26(38)11-9-25/h6-7,12-13,18-19,21,25-26,33,38H,3-5,8-11,14-17,20H2,1-2H3/t25?,26?,31-/m0/s1. The smallest absolute Gasteiger partial charge is 0.147 e. The summed E-state index contributed by atoms with van der Waals surface area (Å²) in [7, 11) is 4.05.